The van der Waals surface area contributed by atoms with Crippen molar-refractivity contribution in [1.82, 2.24) is 0 Å². The van der Waals surface area contributed by atoms with Crippen LogP contribution in [-0.4, -0.2) is 72.8 Å². The molecule has 0 aliphatic carbocycles. The van der Waals surface area contributed by atoms with E-state index in [1.54, 1.807) is 0 Å². The number of aliphatic hydroxyl groups excluding tert-OH is 3. The molecule has 0 amide bonds. The van der Waals surface area contributed by atoms with Gasteiger partial charge in [0.05, 0.1) is 13.2 Å². The van der Waals surface area contributed by atoms with Gasteiger partial charge < -0.3 is 29.5 Å². The van der Waals surface area contributed by atoms with Gasteiger partial charge in [-0.2, -0.15) is 0 Å². The first kappa shape index (κ1) is 26.8. The lowest BCUT2D eigenvalue weighted by Gasteiger charge is -2.32. The summed E-state index contributed by atoms with van der Waals surface area (Å²) in [5, 5.41) is 29.6. The minimum absolute atomic E-state index is 0.309. The van der Waals surface area contributed by atoms with E-state index < -0.39 is 31.0 Å². The lowest BCUT2D eigenvalue weighted by Crippen LogP contribution is -2.50. The number of ether oxygens (including phenoxy) is 3. The molecule has 0 rings (SSSR count). The van der Waals surface area contributed by atoms with Crippen molar-refractivity contribution in [3.8, 4) is 0 Å². The molecular formula is C21H44O6. The van der Waals surface area contributed by atoms with Gasteiger partial charge in [-0.15, -0.1) is 0 Å². The maximum Gasteiger partial charge on any atom is 0.114 e. The standard InChI is InChI=1S/C21H44O6/c1-4-7-10-13-25-17-19(26-14-11-8-5-2)21(20(24)18(23)16-22)27-15-12-9-6-3/h18-24H,4-17H2,1-3H3. The second-order valence-electron chi connectivity index (χ2n) is 7.18. The molecule has 0 fully saturated rings. The molecule has 0 spiro atoms. The monoisotopic (exact) mass is 392 g/mol. The van der Waals surface area contributed by atoms with E-state index >= 15 is 0 Å². The minimum atomic E-state index is -1.26. The van der Waals surface area contributed by atoms with Crippen molar-refractivity contribution in [2.45, 2.75) is 103 Å². The molecule has 4 unspecified atom stereocenters. The average Bonchev–Trinajstić information content (AvgIpc) is 2.68. The van der Waals surface area contributed by atoms with E-state index in [1.807, 2.05) is 0 Å². The van der Waals surface area contributed by atoms with Gasteiger partial charge in [-0.05, 0) is 19.3 Å². The van der Waals surface area contributed by atoms with Crippen LogP contribution in [0.2, 0.25) is 0 Å². The summed E-state index contributed by atoms with van der Waals surface area (Å²) in [6.07, 6.45) is 5.68. The molecule has 0 aromatic heterocycles. The second kappa shape index (κ2) is 19.1. The van der Waals surface area contributed by atoms with Gasteiger partial charge in [0.15, 0.2) is 0 Å². The van der Waals surface area contributed by atoms with Crippen molar-refractivity contribution in [3.05, 3.63) is 0 Å². The van der Waals surface area contributed by atoms with Crippen LogP contribution < -0.4 is 0 Å². The third-order valence-electron chi connectivity index (χ3n) is 4.60. The number of hydrogen-bond acceptors (Lipinski definition) is 6. The molecule has 3 N–H and O–H groups in total. The zero-order valence-corrected chi connectivity index (χ0v) is 17.8. The van der Waals surface area contributed by atoms with E-state index in [-0.39, 0.29) is 0 Å². The molecule has 6 nitrogen and oxygen atoms in total. The number of rotatable bonds is 20. The molecular weight excluding hydrogens is 348 g/mol. The smallest absolute Gasteiger partial charge is 0.114 e. The first-order valence-corrected chi connectivity index (χ1v) is 10.9. The molecule has 0 saturated heterocycles. The van der Waals surface area contributed by atoms with Gasteiger partial charge in [-0.25, -0.2) is 0 Å². The number of hydrogen-bond donors (Lipinski definition) is 3. The Bertz CT molecular complexity index is 302. The zero-order valence-electron chi connectivity index (χ0n) is 17.8. The number of aliphatic hydroxyl groups is 3. The maximum absolute atomic E-state index is 10.5. The van der Waals surface area contributed by atoms with Crippen LogP contribution >= 0.6 is 0 Å². The minimum Gasteiger partial charge on any atom is -0.394 e. The summed E-state index contributed by atoms with van der Waals surface area (Å²) in [5.74, 6) is 0. The Morgan fingerprint density at radius 2 is 1.22 bits per heavy atom. The molecule has 164 valence electrons. The van der Waals surface area contributed by atoms with Crippen LogP contribution in [0.15, 0.2) is 0 Å². The normalized spacial score (nSPS) is 16.2. The van der Waals surface area contributed by atoms with E-state index in [1.165, 1.54) is 0 Å². The van der Waals surface area contributed by atoms with Gasteiger partial charge in [0, 0.05) is 19.8 Å². The Morgan fingerprint density at radius 3 is 1.74 bits per heavy atom. The highest BCUT2D eigenvalue weighted by molar-refractivity contribution is 4.83. The topological polar surface area (TPSA) is 88.4 Å². The Hall–Kier alpha value is -0.240. The van der Waals surface area contributed by atoms with Gasteiger partial charge in [0.25, 0.3) is 0 Å². The molecule has 0 radical (unpaired) electrons. The van der Waals surface area contributed by atoms with Crippen LogP contribution in [0.5, 0.6) is 0 Å². The van der Waals surface area contributed by atoms with Gasteiger partial charge >= 0.3 is 0 Å². The lowest BCUT2D eigenvalue weighted by atomic mass is 10.0. The van der Waals surface area contributed by atoms with Crippen LogP contribution in [0.25, 0.3) is 0 Å². The molecule has 0 saturated carbocycles. The third-order valence-corrected chi connectivity index (χ3v) is 4.60. The van der Waals surface area contributed by atoms with Crippen molar-refractivity contribution in [1.29, 1.82) is 0 Å². The average molecular weight is 393 g/mol. The molecule has 0 aromatic carbocycles. The largest absolute Gasteiger partial charge is 0.394 e. The third kappa shape index (κ3) is 13.6. The summed E-state index contributed by atoms with van der Waals surface area (Å²) < 4.78 is 17.6. The Morgan fingerprint density at radius 1 is 0.704 bits per heavy atom. The lowest BCUT2D eigenvalue weighted by molar-refractivity contribution is -0.169. The SMILES string of the molecule is CCCCCOCC(OCCCCC)C(OCCCCC)C(O)C(O)CO. The molecule has 0 aliphatic rings. The van der Waals surface area contributed by atoms with Crippen LogP contribution in [0, 0.1) is 0 Å². The molecule has 0 bridgehead atoms. The number of unbranched alkanes of at least 4 members (excludes halogenated alkanes) is 6. The van der Waals surface area contributed by atoms with Crippen LogP contribution in [0.1, 0.15) is 78.6 Å². The first-order chi connectivity index (χ1) is 13.1. The maximum atomic E-state index is 10.5. The first-order valence-electron chi connectivity index (χ1n) is 10.9. The van der Waals surface area contributed by atoms with E-state index in [4.69, 9.17) is 14.2 Å². The summed E-state index contributed by atoms with van der Waals surface area (Å²) in [6.45, 7) is 7.88. The molecule has 4 atom stereocenters. The predicted molar refractivity (Wildman–Crippen MR) is 108 cm³/mol. The summed E-state index contributed by atoms with van der Waals surface area (Å²) in [4.78, 5) is 0. The summed E-state index contributed by atoms with van der Waals surface area (Å²) in [6, 6.07) is 0. The zero-order chi connectivity index (χ0) is 20.3. The van der Waals surface area contributed by atoms with E-state index in [0.717, 1.165) is 57.8 Å². The van der Waals surface area contributed by atoms with E-state index in [9.17, 15) is 15.3 Å². The van der Waals surface area contributed by atoms with Crippen LogP contribution in [0.3, 0.4) is 0 Å². The molecule has 6 heteroatoms. The van der Waals surface area contributed by atoms with E-state index in [0.29, 0.717) is 26.4 Å². The van der Waals surface area contributed by atoms with Gasteiger partial charge in [-0.3, -0.25) is 0 Å². The molecule has 0 aliphatic heterocycles. The highest BCUT2D eigenvalue weighted by atomic mass is 16.6. The van der Waals surface area contributed by atoms with Crippen molar-refractivity contribution in [3.63, 3.8) is 0 Å². The second-order valence-corrected chi connectivity index (χ2v) is 7.18. The fourth-order valence-corrected chi connectivity index (χ4v) is 2.80. The van der Waals surface area contributed by atoms with Crippen LogP contribution in [-0.2, 0) is 14.2 Å². The Kier molecular flexibility index (Phi) is 18.9. The summed E-state index contributed by atoms with van der Waals surface area (Å²) in [7, 11) is 0. The fraction of sp³-hybridized carbons (Fsp3) is 1.00. The predicted octanol–water partition coefficient (Wildman–Crippen LogP) is 3.06. The van der Waals surface area contributed by atoms with Gasteiger partial charge in [-0.1, -0.05) is 59.3 Å². The quantitative estimate of drug-likeness (QED) is 0.276. The van der Waals surface area contributed by atoms with Gasteiger partial charge in [0.1, 0.15) is 24.4 Å². The molecule has 0 aromatic rings. The molecule has 0 heterocycles. The van der Waals surface area contributed by atoms with Crippen molar-refractivity contribution < 1.29 is 29.5 Å². The van der Waals surface area contributed by atoms with Gasteiger partial charge in [0.2, 0.25) is 0 Å². The summed E-state index contributed by atoms with van der Waals surface area (Å²) in [5.41, 5.74) is 0. The van der Waals surface area contributed by atoms with Crippen molar-refractivity contribution in [2.75, 3.05) is 33.0 Å². The highest BCUT2D eigenvalue weighted by Crippen LogP contribution is 2.16. The van der Waals surface area contributed by atoms with Crippen molar-refractivity contribution in [2.24, 2.45) is 0 Å². The van der Waals surface area contributed by atoms with E-state index in [2.05, 4.69) is 20.8 Å². The van der Waals surface area contributed by atoms with Crippen molar-refractivity contribution >= 4 is 0 Å². The fourth-order valence-electron chi connectivity index (χ4n) is 2.80. The highest BCUT2D eigenvalue weighted by Gasteiger charge is 2.34. The Labute approximate surface area is 166 Å². The van der Waals surface area contributed by atoms with Crippen LogP contribution in [0.4, 0.5) is 0 Å². The summed E-state index contributed by atoms with van der Waals surface area (Å²) >= 11 is 0. The Balaban J connectivity index is 4.84. The molecule has 27 heavy (non-hydrogen) atoms.